The molecule has 1 aliphatic heterocycles. The molecule has 2 heterocycles. The van der Waals surface area contributed by atoms with Gasteiger partial charge in [0, 0.05) is 35.5 Å². The van der Waals surface area contributed by atoms with E-state index >= 15 is 0 Å². The van der Waals surface area contributed by atoms with E-state index in [9.17, 15) is 14.4 Å². The molecule has 25 heavy (non-hydrogen) atoms. The van der Waals surface area contributed by atoms with Crippen molar-refractivity contribution in [1.29, 1.82) is 0 Å². The highest BCUT2D eigenvalue weighted by molar-refractivity contribution is 7.14. The number of rotatable bonds is 5. The average Bonchev–Trinajstić information content (AvgIpc) is 3.04. The third-order valence-corrected chi connectivity index (χ3v) is 5.44. The third-order valence-electron chi connectivity index (χ3n) is 4.40. The zero-order chi connectivity index (χ0) is 18.0. The summed E-state index contributed by atoms with van der Waals surface area (Å²) in [7, 11) is 0. The van der Waals surface area contributed by atoms with Crippen LogP contribution in [0.1, 0.15) is 49.7 Å². The van der Waals surface area contributed by atoms with Crippen LogP contribution in [-0.4, -0.2) is 24.1 Å². The van der Waals surface area contributed by atoms with Gasteiger partial charge < -0.3 is 10.6 Å². The van der Waals surface area contributed by atoms with Crippen molar-refractivity contribution in [2.24, 2.45) is 5.73 Å². The highest BCUT2D eigenvalue weighted by atomic mass is 32.1. The maximum atomic E-state index is 12.6. The van der Waals surface area contributed by atoms with Gasteiger partial charge in [-0.05, 0) is 49.6 Å². The Labute approximate surface area is 150 Å². The summed E-state index contributed by atoms with van der Waals surface area (Å²) in [4.78, 5) is 39.9. The highest BCUT2D eigenvalue weighted by Crippen LogP contribution is 2.30. The topological polar surface area (TPSA) is 80.5 Å². The molecule has 0 saturated heterocycles. The van der Waals surface area contributed by atoms with E-state index in [1.807, 2.05) is 25.1 Å². The zero-order valence-corrected chi connectivity index (χ0v) is 14.9. The number of amides is 2. The minimum atomic E-state index is -0.477. The second-order valence-corrected chi connectivity index (χ2v) is 7.44. The summed E-state index contributed by atoms with van der Waals surface area (Å²) < 4.78 is 0. The lowest BCUT2D eigenvalue weighted by atomic mass is 9.95. The first kappa shape index (κ1) is 17.4. The van der Waals surface area contributed by atoms with E-state index in [4.69, 9.17) is 5.73 Å². The second kappa shape index (κ2) is 7.19. The van der Waals surface area contributed by atoms with E-state index in [1.54, 1.807) is 17.0 Å². The summed E-state index contributed by atoms with van der Waals surface area (Å²) in [5.41, 5.74) is 7.48. The zero-order valence-electron chi connectivity index (χ0n) is 14.1. The van der Waals surface area contributed by atoms with E-state index < -0.39 is 5.91 Å². The summed E-state index contributed by atoms with van der Waals surface area (Å²) in [6.07, 6.45) is 1.86. The number of hydrogen-bond donors (Lipinski definition) is 1. The van der Waals surface area contributed by atoms with E-state index in [1.165, 1.54) is 11.3 Å². The molecule has 130 valence electrons. The van der Waals surface area contributed by atoms with Gasteiger partial charge in [-0.25, -0.2) is 0 Å². The van der Waals surface area contributed by atoms with Gasteiger partial charge in [-0.2, -0.15) is 0 Å². The number of nitrogens with zero attached hydrogens (tertiary/aromatic N) is 1. The van der Waals surface area contributed by atoms with Crippen molar-refractivity contribution in [2.45, 2.75) is 32.6 Å². The molecule has 0 fully saturated rings. The van der Waals surface area contributed by atoms with E-state index in [2.05, 4.69) is 0 Å². The number of carbonyl (C=O) groups is 3. The van der Waals surface area contributed by atoms with E-state index in [-0.39, 0.29) is 24.5 Å². The number of hydrogen-bond acceptors (Lipinski definition) is 4. The van der Waals surface area contributed by atoms with Crippen molar-refractivity contribution < 1.29 is 14.4 Å². The van der Waals surface area contributed by atoms with Crippen molar-refractivity contribution in [3.05, 3.63) is 51.2 Å². The van der Waals surface area contributed by atoms with Crippen molar-refractivity contribution in [3.8, 4) is 0 Å². The summed E-state index contributed by atoms with van der Waals surface area (Å²) >= 11 is 1.45. The lowest BCUT2D eigenvalue weighted by Gasteiger charge is -2.30. The van der Waals surface area contributed by atoms with Gasteiger partial charge in [-0.3, -0.25) is 14.4 Å². The molecular weight excluding hydrogens is 336 g/mol. The number of ketones is 1. The fraction of sp³-hybridized carbons (Fsp3) is 0.316. The molecule has 1 aliphatic rings. The molecule has 5 nitrogen and oxygen atoms in total. The van der Waals surface area contributed by atoms with Gasteiger partial charge >= 0.3 is 0 Å². The molecule has 1 aromatic carbocycles. The molecule has 0 saturated carbocycles. The Morgan fingerprint density at radius 2 is 1.96 bits per heavy atom. The lowest BCUT2D eigenvalue weighted by molar-refractivity contribution is -0.118. The largest absolute Gasteiger partial charge is 0.366 e. The number of thiophene rings is 1. The smallest absolute Gasteiger partial charge is 0.249 e. The Kier molecular flexibility index (Phi) is 4.99. The number of benzene rings is 1. The van der Waals surface area contributed by atoms with Crippen LogP contribution in [0.25, 0.3) is 0 Å². The van der Waals surface area contributed by atoms with E-state index in [0.717, 1.165) is 29.0 Å². The molecule has 0 radical (unpaired) electrons. The molecule has 2 N–H and O–H groups in total. The Morgan fingerprint density at radius 3 is 2.64 bits per heavy atom. The molecular formula is C19H20N2O3S. The molecule has 1 aromatic heterocycles. The molecule has 0 atom stereocenters. The van der Waals surface area contributed by atoms with Crippen LogP contribution < -0.4 is 10.6 Å². The summed E-state index contributed by atoms with van der Waals surface area (Å²) in [5.74, 6) is -0.576. The van der Waals surface area contributed by atoms with Crippen LogP contribution >= 0.6 is 11.3 Å². The van der Waals surface area contributed by atoms with Crippen LogP contribution in [0.3, 0.4) is 0 Å². The SMILES string of the molecule is Cc1ccc(C(=O)CCC(=O)N2CCCc3c(C(N)=O)cccc32)s1. The molecule has 6 heteroatoms. The normalized spacial score (nSPS) is 13.4. The number of nitrogens with two attached hydrogens (primary N) is 1. The van der Waals surface area contributed by atoms with Crippen LogP contribution in [0.15, 0.2) is 30.3 Å². The predicted molar refractivity (Wildman–Crippen MR) is 98.3 cm³/mol. The lowest BCUT2D eigenvalue weighted by Crippen LogP contribution is -2.36. The first-order chi connectivity index (χ1) is 12.0. The second-order valence-electron chi connectivity index (χ2n) is 6.15. The van der Waals surface area contributed by atoms with Crippen molar-refractivity contribution in [2.75, 3.05) is 11.4 Å². The van der Waals surface area contributed by atoms with Crippen LogP contribution in [0.2, 0.25) is 0 Å². The number of carbonyl (C=O) groups excluding carboxylic acids is 3. The van der Waals surface area contributed by atoms with Gasteiger partial charge in [0.25, 0.3) is 0 Å². The van der Waals surface area contributed by atoms with Crippen molar-refractivity contribution in [1.82, 2.24) is 0 Å². The monoisotopic (exact) mass is 356 g/mol. The fourth-order valence-electron chi connectivity index (χ4n) is 3.18. The minimum absolute atomic E-state index is 0.00503. The first-order valence-electron chi connectivity index (χ1n) is 8.29. The maximum Gasteiger partial charge on any atom is 0.249 e. The van der Waals surface area contributed by atoms with Gasteiger partial charge in [0.05, 0.1) is 4.88 Å². The first-order valence-corrected chi connectivity index (χ1v) is 9.10. The van der Waals surface area contributed by atoms with Crippen LogP contribution in [0, 0.1) is 6.92 Å². The van der Waals surface area contributed by atoms with E-state index in [0.29, 0.717) is 17.0 Å². The third kappa shape index (κ3) is 3.64. The van der Waals surface area contributed by atoms with Gasteiger partial charge in [-0.15, -0.1) is 11.3 Å². The van der Waals surface area contributed by atoms with Gasteiger partial charge in [0.1, 0.15) is 0 Å². The number of anilines is 1. The Morgan fingerprint density at radius 1 is 1.16 bits per heavy atom. The summed E-state index contributed by atoms with van der Waals surface area (Å²) in [6.45, 7) is 2.55. The van der Waals surface area contributed by atoms with Crippen LogP contribution in [-0.2, 0) is 11.2 Å². The van der Waals surface area contributed by atoms with Gasteiger partial charge in [0.15, 0.2) is 5.78 Å². The fourth-order valence-corrected chi connectivity index (χ4v) is 4.01. The Balaban J connectivity index is 1.73. The quantitative estimate of drug-likeness (QED) is 0.836. The predicted octanol–water partition coefficient (Wildman–Crippen LogP) is 3.10. The molecule has 0 spiro atoms. The number of fused-ring (bicyclic) bond motifs is 1. The number of Topliss-reactive ketones (excluding diaryl/α,β-unsaturated/α-hetero) is 1. The standard InChI is InChI=1S/C19H20N2O3S/c1-12-7-9-17(25-12)16(22)8-10-18(23)21-11-3-5-13-14(19(20)24)4-2-6-15(13)21/h2,4,6-7,9H,3,5,8,10-11H2,1H3,(H2,20,24). The molecule has 0 aliphatic carbocycles. The molecule has 0 unspecified atom stereocenters. The Bertz CT molecular complexity index is 841. The van der Waals surface area contributed by atoms with Crippen molar-refractivity contribution >= 4 is 34.6 Å². The van der Waals surface area contributed by atoms with Crippen LogP contribution in [0.5, 0.6) is 0 Å². The van der Waals surface area contributed by atoms with Crippen molar-refractivity contribution in [3.63, 3.8) is 0 Å². The highest BCUT2D eigenvalue weighted by Gasteiger charge is 2.25. The molecule has 0 bridgehead atoms. The number of aryl methyl sites for hydroxylation is 1. The maximum absolute atomic E-state index is 12.6. The summed E-state index contributed by atoms with van der Waals surface area (Å²) in [5, 5.41) is 0. The van der Waals surface area contributed by atoms with Gasteiger partial charge in [0.2, 0.25) is 11.8 Å². The summed E-state index contributed by atoms with van der Waals surface area (Å²) in [6, 6.07) is 8.99. The Hall–Kier alpha value is -2.47. The minimum Gasteiger partial charge on any atom is -0.366 e. The van der Waals surface area contributed by atoms with Gasteiger partial charge in [-0.1, -0.05) is 6.07 Å². The molecule has 3 rings (SSSR count). The molecule has 2 amide bonds. The molecule has 2 aromatic rings. The van der Waals surface area contributed by atoms with Crippen LogP contribution in [0.4, 0.5) is 5.69 Å². The number of primary amides is 1. The average molecular weight is 356 g/mol.